The van der Waals surface area contributed by atoms with E-state index < -0.39 is 11.7 Å². The third-order valence-electron chi connectivity index (χ3n) is 1.12. The SMILES string of the molecule is O=C(O)c1ccccc1[O-].[IH2+]. The third kappa shape index (κ3) is 2.38. The maximum atomic E-state index is 10.7. The predicted octanol–water partition coefficient (Wildman–Crippen LogP) is -3.07. The Kier molecular flexibility index (Phi) is 3.88. The van der Waals surface area contributed by atoms with Crippen molar-refractivity contribution in [1.29, 1.82) is 0 Å². The van der Waals surface area contributed by atoms with Gasteiger partial charge in [-0.1, -0.05) is 23.9 Å². The zero-order chi connectivity index (χ0) is 7.56. The van der Waals surface area contributed by atoms with Crippen LogP contribution in [-0.2, 0) is 0 Å². The number of hydrogen-bond donors (Lipinski definition) is 1. The van der Waals surface area contributed by atoms with Crippen LogP contribution in [0.1, 0.15) is 10.4 Å². The first-order valence-electron chi connectivity index (χ1n) is 2.71. The van der Waals surface area contributed by atoms with E-state index in [4.69, 9.17) is 5.11 Å². The van der Waals surface area contributed by atoms with Crippen molar-refractivity contribution < 1.29 is 39.0 Å². The van der Waals surface area contributed by atoms with Gasteiger partial charge in [-0.15, -0.1) is 0 Å². The molecule has 1 rings (SSSR count). The lowest BCUT2D eigenvalue weighted by Gasteiger charge is -2.07. The van der Waals surface area contributed by atoms with E-state index >= 15 is 0 Å². The molecule has 0 aliphatic carbocycles. The quantitative estimate of drug-likeness (QED) is 0.549. The smallest absolute Gasteiger partial charge is 0.335 e. The average molecular weight is 266 g/mol. The van der Waals surface area contributed by atoms with Crippen LogP contribution in [-0.4, -0.2) is 11.1 Å². The molecule has 0 spiro atoms. The number of benzene rings is 1. The van der Waals surface area contributed by atoms with E-state index in [1.807, 2.05) is 0 Å². The summed E-state index contributed by atoms with van der Waals surface area (Å²) in [6, 6.07) is 5.54. The van der Waals surface area contributed by atoms with Gasteiger partial charge >= 0.3 is 5.97 Å². The maximum absolute atomic E-state index is 10.7. The molecule has 3 nitrogen and oxygen atoms in total. The van der Waals surface area contributed by atoms with E-state index in [-0.39, 0.29) is 29.5 Å². The van der Waals surface area contributed by atoms with Crippen molar-refractivity contribution in [3.63, 3.8) is 0 Å². The van der Waals surface area contributed by atoms with Crippen LogP contribution in [0.25, 0.3) is 0 Å². The van der Waals surface area contributed by atoms with E-state index in [1.165, 1.54) is 24.3 Å². The highest BCUT2D eigenvalue weighted by Gasteiger charge is 1.99. The molecule has 0 atom stereocenters. The van der Waals surface area contributed by atoms with Gasteiger partial charge in [0.1, 0.15) is 0 Å². The molecule has 0 aliphatic rings. The Balaban J connectivity index is 0.000001000. The van der Waals surface area contributed by atoms with Gasteiger partial charge in [0.25, 0.3) is 0 Å². The van der Waals surface area contributed by atoms with Crippen LogP contribution in [0, 0.1) is 0 Å². The Hall–Kier alpha value is -0.780. The number of carbonyl (C=O) groups is 1. The summed E-state index contributed by atoms with van der Waals surface area (Å²) in [4.78, 5) is 10.2. The highest BCUT2D eigenvalue weighted by Crippen LogP contribution is 2.10. The van der Waals surface area contributed by atoms with Crippen molar-refractivity contribution in [2.24, 2.45) is 0 Å². The number of aromatic carboxylic acids is 1. The fourth-order valence-corrected chi connectivity index (χ4v) is 0.643. The summed E-state index contributed by atoms with van der Waals surface area (Å²) in [7, 11) is 0. The first-order chi connectivity index (χ1) is 4.72. The lowest BCUT2D eigenvalue weighted by atomic mass is 10.2. The van der Waals surface area contributed by atoms with Gasteiger partial charge in [0.05, 0.1) is 5.56 Å². The molecule has 4 heteroatoms. The lowest BCUT2D eigenvalue weighted by molar-refractivity contribution is -0.268. The van der Waals surface area contributed by atoms with Crippen LogP contribution < -0.4 is 29.1 Å². The van der Waals surface area contributed by atoms with Crippen LogP contribution in [0.5, 0.6) is 5.75 Å². The minimum absolute atomic E-state index is 0. The lowest BCUT2D eigenvalue weighted by Crippen LogP contribution is -3.00. The molecule has 1 N–H and O–H groups in total. The molecular formula is C7H7IO3. The van der Waals surface area contributed by atoms with Gasteiger partial charge in [0.2, 0.25) is 24.0 Å². The van der Waals surface area contributed by atoms with Gasteiger partial charge in [0.15, 0.2) is 0 Å². The van der Waals surface area contributed by atoms with E-state index in [9.17, 15) is 9.90 Å². The molecule has 0 aromatic heterocycles. The van der Waals surface area contributed by atoms with Crippen LogP contribution in [0.2, 0.25) is 0 Å². The molecular weight excluding hydrogens is 259 g/mol. The van der Waals surface area contributed by atoms with Gasteiger partial charge in [0, 0.05) is 0 Å². The molecule has 1 aromatic rings. The molecule has 0 radical (unpaired) electrons. The van der Waals surface area contributed by atoms with Gasteiger partial charge in [-0.3, -0.25) is 0 Å². The van der Waals surface area contributed by atoms with Crippen LogP contribution in [0.4, 0.5) is 0 Å². The fraction of sp³-hybridized carbons (Fsp3) is 0. The molecule has 1 aromatic carbocycles. The summed E-state index contributed by atoms with van der Waals surface area (Å²) < 4.78 is 0. The number of hydrogen-bond acceptors (Lipinski definition) is 2. The summed E-state index contributed by atoms with van der Waals surface area (Å²) in [5.74, 6) is -1.62. The Bertz CT molecular complexity index is 260. The number of carboxylic acid groups (broad SMARTS) is 1. The summed E-state index contributed by atoms with van der Waals surface area (Å²) in [5, 5.41) is 19.0. The highest BCUT2D eigenvalue weighted by molar-refractivity contribution is 5.90. The van der Waals surface area contributed by atoms with Gasteiger partial charge < -0.3 is 10.2 Å². The van der Waals surface area contributed by atoms with Gasteiger partial charge in [-0.25, -0.2) is 4.79 Å². The molecule has 0 saturated heterocycles. The van der Waals surface area contributed by atoms with Crippen molar-refractivity contribution in [2.75, 3.05) is 0 Å². The minimum atomic E-state index is -1.18. The van der Waals surface area contributed by atoms with Crippen LogP contribution in [0.3, 0.4) is 0 Å². The van der Waals surface area contributed by atoms with Gasteiger partial charge in [-0.05, 0) is 6.07 Å². The maximum Gasteiger partial charge on any atom is 0.335 e. The van der Waals surface area contributed by atoms with Gasteiger partial charge in [-0.2, -0.15) is 0 Å². The first-order valence-corrected chi connectivity index (χ1v) is 2.71. The standard InChI is InChI=1S/C7H6O3.H2I/c8-6-4-2-1-3-5(6)7(9)10;/h1-4,8H,(H,9,10);1H2/q;+1/p-1. The van der Waals surface area contributed by atoms with E-state index in [2.05, 4.69) is 0 Å². The Labute approximate surface area is 80.7 Å². The largest absolute Gasteiger partial charge is 0.872 e. The summed E-state index contributed by atoms with van der Waals surface area (Å²) in [6.45, 7) is 0. The topological polar surface area (TPSA) is 60.4 Å². The average Bonchev–Trinajstić information content (AvgIpc) is 1.88. The van der Waals surface area contributed by atoms with E-state index in [1.54, 1.807) is 0 Å². The minimum Gasteiger partial charge on any atom is -0.872 e. The second-order valence-electron chi connectivity index (χ2n) is 1.80. The Morgan fingerprint density at radius 3 is 2.27 bits per heavy atom. The summed E-state index contributed by atoms with van der Waals surface area (Å²) >= 11 is 0. The molecule has 0 amide bonds. The third-order valence-corrected chi connectivity index (χ3v) is 1.12. The van der Waals surface area contributed by atoms with Crippen molar-refractivity contribution in [2.45, 2.75) is 0 Å². The number of para-hydroxylation sites is 1. The summed E-state index contributed by atoms with van der Waals surface area (Å²) in [5.41, 5.74) is -0.178. The Morgan fingerprint density at radius 1 is 1.36 bits per heavy atom. The molecule has 0 saturated carbocycles. The molecule has 60 valence electrons. The molecule has 0 bridgehead atoms. The number of halogens is 1. The number of rotatable bonds is 1. The fourth-order valence-electron chi connectivity index (χ4n) is 0.643. The summed E-state index contributed by atoms with van der Waals surface area (Å²) in [6.07, 6.45) is 0. The molecule has 0 fully saturated rings. The normalized spacial score (nSPS) is 8.36. The highest BCUT2D eigenvalue weighted by atomic mass is 127. The van der Waals surface area contributed by atoms with E-state index in [0.29, 0.717) is 0 Å². The molecule has 11 heavy (non-hydrogen) atoms. The molecule has 0 aliphatic heterocycles. The number of carboxylic acids is 1. The predicted molar refractivity (Wildman–Crippen MR) is 35.6 cm³/mol. The Morgan fingerprint density at radius 2 is 1.91 bits per heavy atom. The van der Waals surface area contributed by atoms with Crippen molar-refractivity contribution >= 4 is 5.97 Å². The zero-order valence-electron chi connectivity index (χ0n) is 5.52. The zero-order valence-corrected chi connectivity index (χ0v) is 8.07. The first kappa shape index (κ1) is 10.2. The van der Waals surface area contributed by atoms with Crippen molar-refractivity contribution in [3.05, 3.63) is 29.8 Å². The molecule has 0 unspecified atom stereocenters. The van der Waals surface area contributed by atoms with Crippen LogP contribution >= 0.6 is 0 Å². The monoisotopic (exact) mass is 266 g/mol. The van der Waals surface area contributed by atoms with Crippen LogP contribution in [0.15, 0.2) is 24.3 Å². The molecule has 0 heterocycles. The van der Waals surface area contributed by atoms with E-state index in [0.717, 1.165) is 0 Å². The van der Waals surface area contributed by atoms with Crippen molar-refractivity contribution in [3.8, 4) is 5.75 Å². The second-order valence-corrected chi connectivity index (χ2v) is 1.80. The van der Waals surface area contributed by atoms with Crippen molar-refractivity contribution in [1.82, 2.24) is 0 Å². The second kappa shape index (κ2) is 4.17.